The second-order valence-corrected chi connectivity index (χ2v) is 5.45. The number of aryl methyl sites for hydroxylation is 3. The van der Waals surface area contributed by atoms with E-state index in [2.05, 4.69) is 29.3 Å². The lowest BCUT2D eigenvalue weighted by atomic mass is 10.2. The molecule has 2 rings (SSSR count). The second kappa shape index (κ2) is 4.98. The maximum absolute atomic E-state index is 5.16. The number of rotatable bonds is 4. The number of aromatic nitrogens is 2. The number of nitrogens with one attached hydrogen (secondary N) is 1. The van der Waals surface area contributed by atoms with Crippen LogP contribution in [0.5, 0.6) is 0 Å². The molecule has 92 valence electrons. The predicted octanol–water partition coefficient (Wildman–Crippen LogP) is 2.91. The van der Waals surface area contributed by atoms with E-state index in [-0.39, 0.29) is 6.04 Å². The molecule has 0 aromatic carbocycles. The molecular weight excluding hydrogens is 234 g/mol. The Morgan fingerprint density at radius 3 is 2.71 bits per heavy atom. The number of thiazole rings is 1. The van der Waals surface area contributed by atoms with Crippen LogP contribution in [-0.4, -0.2) is 10.1 Å². The van der Waals surface area contributed by atoms with Gasteiger partial charge in [-0.05, 0) is 27.7 Å². The van der Waals surface area contributed by atoms with Crippen molar-refractivity contribution in [2.75, 3.05) is 0 Å². The molecule has 0 bridgehead atoms. The zero-order valence-electron chi connectivity index (χ0n) is 10.6. The molecule has 0 radical (unpaired) electrons. The van der Waals surface area contributed by atoms with Gasteiger partial charge in [-0.15, -0.1) is 11.3 Å². The molecule has 4 nitrogen and oxygen atoms in total. The smallest absolute Gasteiger partial charge is 0.150 e. The summed E-state index contributed by atoms with van der Waals surface area (Å²) in [6.45, 7) is 8.85. The first-order valence-corrected chi connectivity index (χ1v) is 6.47. The van der Waals surface area contributed by atoms with Gasteiger partial charge >= 0.3 is 0 Å². The SMILES string of the molecule is Cc1cc(CNC(C)c2sc(C)nc2C)on1. The van der Waals surface area contributed by atoms with Crippen LogP contribution in [0.2, 0.25) is 0 Å². The summed E-state index contributed by atoms with van der Waals surface area (Å²) in [4.78, 5) is 5.72. The minimum Gasteiger partial charge on any atom is -0.360 e. The summed E-state index contributed by atoms with van der Waals surface area (Å²) in [6, 6.07) is 2.23. The van der Waals surface area contributed by atoms with E-state index >= 15 is 0 Å². The van der Waals surface area contributed by atoms with Crippen LogP contribution in [-0.2, 0) is 6.54 Å². The van der Waals surface area contributed by atoms with E-state index in [4.69, 9.17) is 4.52 Å². The molecular formula is C12H17N3OS. The minimum atomic E-state index is 0.284. The van der Waals surface area contributed by atoms with Crippen molar-refractivity contribution in [2.45, 2.75) is 40.3 Å². The van der Waals surface area contributed by atoms with Crippen molar-refractivity contribution in [2.24, 2.45) is 0 Å². The Morgan fingerprint density at radius 2 is 2.18 bits per heavy atom. The topological polar surface area (TPSA) is 51.0 Å². The Morgan fingerprint density at radius 1 is 1.41 bits per heavy atom. The molecule has 0 amide bonds. The van der Waals surface area contributed by atoms with Gasteiger partial charge in [0.2, 0.25) is 0 Å². The molecule has 2 aromatic heterocycles. The van der Waals surface area contributed by atoms with Gasteiger partial charge in [-0.3, -0.25) is 0 Å². The molecule has 1 N–H and O–H groups in total. The fourth-order valence-corrected chi connectivity index (χ4v) is 2.75. The van der Waals surface area contributed by atoms with Gasteiger partial charge in [0.1, 0.15) is 0 Å². The summed E-state index contributed by atoms with van der Waals surface area (Å²) in [5.41, 5.74) is 2.03. The molecule has 5 heteroatoms. The lowest BCUT2D eigenvalue weighted by molar-refractivity contribution is 0.363. The zero-order valence-corrected chi connectivity index (χ0v) is 11.4. The molecule has 1 unspecified atom stereocenters. The van der Waals surface area contributed by atoms with Crippen molar-refractivity contribution in [3.05, 3.63) is 33.1 Å². The van der Waals surface area contributed by atoms with Crippen LogP contribution in [0.25, 0.3) is 0 Å². The molecule has 0 fully saturated rings. The van der Waals surface area contributed by atoms with E-state index < -0.39 is 0 Å². The summed E-state index contributed by atoms with van der Waals surface area (Å²) >= 11 is 1.74. The van der Waals surface area contributed by atoms with Gasteiger partial charge in [-0.25, -0.2) is 4.98 Å². The second-order valence-electron chi connectivity index (χ2n) is 4.22. The van der Waals surface area contributed by atoms with E-state index in [1.165, 1.54) is 4.88 Å². The van der Waals surface area contributed by atoms with E-state index in [9.17, 15) is 0 Å². The van der Waals surface area contributed by atoms with Crippen molar-refractivity contribution in [1.82, 2.24) is 15.5 Å². The minimum absolute atomic E-state index is 0.284. The first-order chi connectivity index (χ1) is 8.06. The van der Waals surface area contributed by atoms with Crippen molar-refractivity contribution >= 4 is 11.3 Å². The van der Waals surface area contributed by atoms with Crippen molar-refractivity contribution in [1.29, 1.82) is 0 Å². The van der Waals surface area contributed by atoms with Crippen LogP contribution in [0, 0.1) is 20.8 Å². The first kappa shape index (κ1) is 12.3. The molecule has 0 aliphatic heterocycles. The van der Waals surface area contributed by atoms with Gasteiger partial charge < -0.3 is 9.84 Å². The maximum atomic E-state index is 5.16. The third-order valence-corrected chi connectivity index (χ3v) is 3.85. The average molecular weight is 251 g/mol. The summed E-state index contributed by atoms with van der Waals surface area (Å²) < 4.78 is 5.16. The molecule has 17 heavy (non-hydrogen) atoms. The Kier molecular flexibility index (Phi) is 3.59. The highest BCUT2D eigenvalue weighted by atomic mass is 32.1. The quantitative estimate of drug-likeness (QED) is 0.907. The zero-order chi connectivity index (χ0) is 12.4. The van der Waals surface area contributed by atoms with Crippen molar-refractivity contribution in [3.8, 4) is 0 Å². The normalized spacial score (nSPS) is 12.9. The molecule has 1 atom stereocenters. The third kappa shape index (κ3) is 2.92. The summed E-state index contributed by atoms with van der Waals surface area (Å²) in [6.07, 6.45) is 0. The first-order valence-electron chi connectivity index (χ1n) is 5.65. The van der Waals surface area contributed by atoms with E-state index in [0.717, 1.165) is 22.2 Å². The standard InChI is InChI=1S/C12H17N3OS/c1-7-5-11(16-15-7)6-13-8(2)12-9(3)14-10(4)17-12/h5,8,13H,6H2,1-4H3. The van der Waals surface area contributed by atoms with Crippen molar-refractivity contribution in [3.63, 3.8) is 0 Å². The highest BCUT2D eigenvalue weighted by Crippen LogP contribution is 2.24. The fraction of sp³-hybridized carbons (Fsp3) is 0.500. The van der Waals surface area contributed by atoms with Crippen LogP contribution >= 0.6 is 11.3 Å². The Balaban J connectivity index is 1.97. The van der Waals surface area contributed by atoms with Gasteiger partial charge in [0.25, 0.3) is 0 Å². The molecule has 2 heterocycles. The maximum Gasteiger partial charge on any atom is 0.150 e. The number of hydrogen-bond donors (Lipinski definition) is 1. The van der Waals surface area contributed by atoms with Gasteiger partial charge in [0.05, 0.1) is 22.9 Å². The van der Waals surface area contributed by atoms with Gasteiger partial charge in [-0.1, -0.05) is 5.16 Å². The highest BCUT2D eigenvalue weighted by Gasteiger charge is 2.13. The predicted molar refractivity (Wildman–Crippen MR) is 68.1 cm³/mol. The van der Waals surface area contributed by atoms with Crippen LogP contribution in [0.15, 0.2) is 10.6 Å². The lowest BCUT2D eigenvalue weighted by Crippen LogP contribution is -2.17. The van der Waals surface area contributed by atoms with E-state index in [0.29, 0.717) is 6.54 Å². The summed E-state index contributed by atoms with van der Waals surface area (Å²) in [5, 5.41) is 8.40. The summed E-state index contributed by atoms with van der Waals surface area (Å²) in [7, 11) is 0. The fourth-order valence-electron chi connectivity index (χ4n) is 1.79. The Bertz CT molecular complexity index is 504. The van der Waals surface area contributed by atoms with Gasteiger partial charge in [0, 0.05) is 17.0 Å². The van der Waals surface area contributed by atoms with Gasteiger partial charge in [0.15, 0.2) is 5.76 Å². The molecule has 0 aliphatic carbocycles. The Labute approximate surface area is 105 Å². The van der Waals surface area contributed by atoms with E-state index in [1.807, 2.05) is 19.9 Å². The van der Waals surface area contributed by atoms with Crippen LogP contribution in [0.4, 0.5) is 0 Å². The largest absolute Gasteiger partial charge is 0.360 e. The Hall–Kier alpha value is -1.20. The number of nitrogens with zero attached hydrogens (tertiary/aromatic N) is 2. The van der Waals surface area contributed by atoms with Crippen LogP contribution < -0.4 is 5.32 Å². The molecule has 0 saturated carbocycles. The molecule has 0 spiro atoms. The van der Waals surface area contributed by atoms with Crippen molar-refractivity contribution < 1.29 is 4.52 Å². The monoisotopic (exact) mass is 251 g/mol. The van der Waals surface area contributed by atoms with E-state index in [1.54, 1.807) is 11.3 Å². The highest BCUT2D eigenvalue weighted by molar-refractivity contribution is 7.11. The summed E-state index contributed by atoms with van der Waals surface area (Å²) in [5.74, 6) is 0.869. The van der Waals surface area contributed by atoms with Crippen LogP contribution in [0.3, 0.4) is 0 Å². The van der Waals surface area contributed by atoms with Gasteiger partial charge in [-0.2, -0.15) is 0 Å². The van der Waals surface area contributed by atoms with Crippen LogP contribution in [0.1, 0.15) is 40.0 Å². The molecule has 0 saturated heterocycles. The molecule has 2 aromatic rings. The molecule has 0 aliphatic rings. The average Bonchev–Trinajstić information content (AvgIpc) is 2.81. The third-order valence-electron chi connectivity index (χ3n) is 2.59. The number of hydrogen-bond acceptors (Lipinski definition) is 5. The lowest BCUT2D eigenvalue weighted by Gasteiger charge is -2.10.